The van der Waals surface area contributed by atoms with E-state index in [9.17, 15) is 0 Å². The predicted molar refractivity (Wildman–Crippen MR) is 66.2 cm³/mol. The highest BCUT2D eigenvalue weighted by Crippen LogP contribution is 2.29. The summed E-state index contributed by atoms with van der Waals surface area (Å²) in [5.74, 6) is 1.90. The lowest BCUT2D eigenvalue weighted by Crippen LogP contribution is -2.32. The molecule has 1 aromatic heterocycles. The van der Waals surface area contributed by atoms with Crippen LogP contribution in [0.5, 0.6) is 0 Å². The molecule has 2 N–H and O–H groups in total. The summed E-state index contributed by atoms with van der Waals surface area (Å²) in [5.41, 5.74) is 5.73. The molecule has 0 spiro atoms. The fraction of sp³-hybridized carbons (Fsp3) is 0.833. The molecule has 4 heteroatoms. The van der Waals surface area contributed by atoms with Gasteiger partial charge in [0.15, 0.2) is 0 Å². The van der Waals surface area contributed by atoms with Crippen LogP contribution in [0.2, 0.25) is 0 Å². The molecule has 0 atom stereocenters. The van der Waals surface area contributed by atoms with Gasteiger partial charge in [0.2, 0.25) is 0 Å². The number of nitrogens with zero attached hydrogens (tertiary/aromatic N) is 3. The van der Waals surface area contributed by atoms with E-state index in [2.05, 4.69) is 56.3 Å². The molecule has 0 aliphatic heterocycles. The normalized spacial score (nSPS) is 13.2. The predicted octanol–water partition coefficient (Wildman–Crippen LogP) is 2.18. The van der Waals surface area contributed by atoms with Crippen LogP contribution in [0, 0.1) is 0 Å². The van der Waals surface area contributed by atoms with E-state index in [0.29, 0.717) is 6.54 Å². The van der Waals surface area contributed by atoms with Crippen LogP contribution in [0.3, 0.4) is 0 Å². The Morgan fingerprint density at radius 2 is 1.69 bits per heavy atom. The van der Waals surface area contributed by atoms with Gasteiger partial charge in [-0.05, 0) is 27.2 Å². The third kappa shape index (κ3) is 2.26. The van der Waals surface area contributed by atoms with Crippen molar-refractivity contribution in [2.75, 3.05) is 0 Å². The standard InChI is InChI=1S/C12H24N4/c1-7-12(5,6)10-15-14-9(8-13)16(10)11(2,3)4/h7-8,13H2,1-6H3. The van der Waals surface area contributed by atoms with Gasteiger partial charge >= 0.3 is 0 Å². The molecule has 0 aromatic carbocycles. The highest BCUT2D eigenvalue weighted by molar-refractivity contribution is 5.10. The summed E-state index contributed by atoms with van der Waals surface area (Å²) in [6.07, 6.45) is 1.03. The molecule has 0 aliphatic rings. The molecule has 1 heterocycles. The van der Waals surface area contributed by atoms with Gasteiger partial charge in [0, 0.05) is 11.0 Å². The maximum atomic E-state index is 5.72. The van der Waals surface area contributed by atoms with Crippen molar-refractivity contribution >= 4 is 0 Å². The van der Waals surface area contributed by atoms with Crippen molar-refractivity contribution < 1.29 is 0 Å². The lowest BCUT2D eigenvalue weighted by molar-refractivity contribution is 0.332. The fourth-order valence-electron chi connectivity index (χ4n) is 1.75. The molecule has 16 heavy (non-hydrogen) atoms. The van der Waals surface area contributed by atoms with E-state index in [1.54, 1.807) is 0 Å². The zero-order chi connectivity index (χ0) is 12.6. The molecule has 0 bridgehead atoms. The Morgan fingerprint density at radius 1 is 1.12 bits per heavy atom. The van der Waals surface area contributed by atoms with Crippen molar-refractivity contribution in [1.29, 1.82) is 0 Å². The van der Waals surface area contributed by atoms with Crippen LogP contribution in [0.1, 0.15) is 59.6 Å². The summed E-state index contributed by atoms with van der Waals surface area (Å²) in [6, 6.07) is 0. The first-order chi connectivity index (χ1) is 7.24. The van der Waals surface area contributed by atoms with Gasteiger partial charge in [-0.25, -0.2) is 0 Å². The van der Waals surface area contributed by atoms with Crippen molar-refractivity contribution in [3.8, 4) is 0 Å². The Bertz CT molecular complexity index is 358. The topological polar surface area (TPSA) is 56.7 Å². The Balaban J connectivity index is 3.37. The molecule has 1 aromatic rings. The fourth-order valence-corrected chi connectivity index (χ4v) is 1.75. The Labute approximate surface area is 98.2 Å². The Kier molecular flexibility index (Phi) is 3.43. The molecule has 0 radical (unpaired) electrons. The lowest BCUT2D eigenvalue weighted by atomic mass is 9.88. The maximum absolute atomic E-state index is 5.72. The first-order valence-electron chi connectivity index (χ1n) is 5.89. The second kappa shape index (κ2) is 4.17. The van der Waals surface area contributed by atoms with Crippen LogP contribution in [-0.2, 0) is 17.5 Å². The van der Waals surface area contributed by atoms with Gasteiger partial charge in [-0.1, -0.05) is 20.8 Å². The second-order valence-electron chi connectivity index (χ2n) is 5.89. The van der Waals surface area contributed by atoms with Crippen LogP contribution in [0.25, 0.3) is 0 Å². The van der Waals surface area contributed by atoms with Gasteiger partial charge in [-0.15, -0.1) is 10.2 Å². The Hall–Kier alpha value is -0.900. The molecule has 4 nitrogen and oxygen atoms in total. The van der Waals surface area contributed by atoms with Crippen LogP contribution in [0.4, 0.5) is 0 Å². The van der Waals surface area contributed by atoms with Crippen LogP contribution in [-0.4, -0.2) is 14.8 Å². The van der Waals surface area contributed by atoms with Crippen molar-refractivity contribution in [2.45, 2.75) is 65.5 Å². The minimum absolute atomic E-state index is 0.0278. The molecule has 0 saturated carbocycles. The van der Waals surface area contributed by atoms with E-state index in [0.717, 1.165) is 18.1 Å². The molecular formula is C12H24N4. The summed E-state index contributed by atoms with van der Waals surface area (Å²) < 4.78 is 2.18. The number of hydrogen-bond acceptors (Lipinski definition) is 3. The molecule has 92 valence electrons. The zero-order valence-electron chi connectivity index (χ0n) is 11.3. The minimum atomic E-state index is -0.0278. The smallest absolute Gasteiger partial charge is 0.147 e. The van der Waals surface area contributed by atoms with Crippen LogP contribution < -0.4 is 5.73 Å². The number of hydrogen-bond donors (Lipinski definition) is 1. The van der Waals surface area contributed by atoms with Gasteiger partial charge in [0.25, 0.3) is 0 Å². The number of rotatable bonds is 3. The van der Waals surface area contributed by atoms with Crippen molar-refractivity contribution in [3.05, 3.63) is 11.6 Å². The van der Waals surface area contributed by atoms with E-state index >= 15 is 0 Å². The summed E-state index contributed by atoms with van der Waals surface area (Å²) >= 11 is 0. The molecular weight excluding hydrogens is 200 g/mol. The molecule has 1 rings (SSSR count). The third-order valence-corrected chi connectivity index (χ3v) is 3.07. The van der Waals surface area contributed by atoms with Gasteiger partial charge in [-0.3, -0.25) is 0 Å². The molecule has 0 saturated heterocycles. The van der Waals surface area contributed by atoms with Gasteiger partial charge in [-0.2, -0.15) is 0 Å². The SMILES string of the molecule is CCC(C)(C)c1nnc(CN)n1C(C)(C)C. The summed E-state index contributed by atoms with van der Waals surface area (Å²) in [5, 5.41) is 8.53. The average molecular weight is 224 g/mol. The Morgan fingerprint density at radius 3 is 2.06 bits per heavy atom. The molecule has 0 aliphatic carbocycles. The highest BCUT2D eigenvalue weighted by Gasteiger charge is 2.31. The van der Waals surface area contributed by atoms with E-state index in [1.807, 2.05) is 0 Å². The van der Waals surface area contributed by atoms with Gasteiger partial charge in [0.1, 0.15) is 11.6 Å². The van der Waals surface area contributed by atoms with Crippen molar-refractivity contribution in [3.63, 3.8) is 0 Å². The lowest BCUT2D eigenvalue weighted by Gasteiger charge is -2.30. The first-order valence-corrected chi connectivity index (χ1v) is 5.89. The van der Waals surface area contributed by atoms with E-state index < -0.39 is 0 Å². The number of nitrogens with two attached hydrogens (primary N) is 1. The third-order valence-electron chi connectivity index (χ3n) is 3.07. The van der Waals surface area contributed by atoms with E-state index in [1.165, 1.54) is 0 Å². The van der Waals surface area contributed by atoms with E-state index in [-0.39, 0.29) is 11.0 Å². The largest absolute Gasteiger partial charge is 0.324 e. The monoisotopic (exact) mass is 224 g/mol. The average Bonchev–Trinajstić information content (AvgIpc) is 2.61. The molecule has 0 amide bonds. The molecule has 0 unspecified atom stereocenters. The zero-order valence-corrected chi connectivity index (χ0v) is 11.3. The maximum Gasteiger partial charge on any atom is 0.147 e. The minimum Gasteiger partial charge on any atom is -0.324 e. The van der Waals surface area contributed by atoms with Crippen LogP contribution in [0.15, 0.2) is 0 Å². The summed E-state index contributed by atoms with van der Waals surface area (Å²) in [4.78, 5) is 0. The van der Waals surface area contributed by atoms with Crippen molar-refractivity contribution in [1.82, 2.24) is 14.8 Å². The molecule has 0 fully saturated rings. The van der Waals surface area contributed by atoms with E-state index in [4.69, 9.17) is 5.73 Å². The second-order valence-corrected chi connectivity index (χ2v) is 5.89. The van der Waals surface area contributed by atoms with Crippen LogP contribution >= 0.6 is 0 Å². The first kappa shape index (κ1) is 13.2. The summed E-state index contributed by atoms with van der Waals surface area (Å²) in [7, 11) is 0. The summed E-state index contributed by atoms with van der Waals surface area (Å²) in [6.45, 7) is 13.5. The number of aromatic nitrogens is 3. The van der Waals surface area contributed by atoms with Gasteiger partial charge < -0.3 is 10.3 Å². The van der Waals surface area contributed by atoms with Crippen molar-refractivity contribution in [2.24, 2.45) is 5.73 Å². The quantitative estimate of drug-likeness (QED) is 0.856. The van der Waals surface area contributed by atoms with Gasteiger partial charge in [0.05, 0.1) is 6.54 Å². The highest BCUT2D eigenvalue weighted by atomic mass is 15.3.